The number of amides is 2. The predicted octanol–water partition coefficient (Wildman–Crippen LogP) is 5.10. The van der Waals surface area contributed by atoms with Crippen LogP contribution in [0, 0.1) is 6.92 Å². The van der Waals surface area contributed by atoms with Crippen LogP contribution >= 0.6 is 0 Å². The molecule has 37 heavy (non-hydrogen) atoms. The number of urea groups is 1. The third-order valence-electron chi connectivity index (χ3n) is 5.68. The van der Waals surface area contributed by atoms with E-state index in [1.54, 1.807) is 37.5 Å². The molecule has 3 aromatic carbocycles. The highest BCUT2D eigenvalue weighted by molar-refractivity contribution is 7.90. The molecule has 9 heteroatoms. The number of carbonyl (C=O) groups excluding carboxylic acids is 1. The standard InChI is InChI=1S/C28H29N5O3S/c1-20(2)30-23-13-15-24(16-14-23)33-18-17-29-27(33)25(19-22-10-5-4-6-11-22)31-28(34)32-37(35,36)26-12-8-7-9-21(26)3/h4-18,25,30H,1,19H2,2-3H3,(H2,31,32,34)/t25-/m0/s1. The number of nitrogens with one attached hydrogen (secondary N) is 3. The molecule has 1 atom stereocenters. The van der Waals surface area contributed by atoms with Gasteiger partial charge in [-0.25, -0.2) is 22.9 Å². The lowest BCUT2D eigenvalue weighted by atomic mass is 10.1. The van der Waals surface area contributed by atoms with Crippen molar-refractivity contribution >= 4 is 21.7 Å². The minimum Gasteiger partial charge on any atom is -0.360 e. The Morgan fingerprint density at radius 2 is 1.68 bits per heavy atom. The van der Waals surface area contributed by atoms with Crippen molar-refractivity contribution in [2.75, 3.05) is 5.32 Å². The van der Waals surface area contributed by atoms with Gasteiger partial charge in [-0.3, -0.25) is 0 Å². The molecule has 0 radical (unpaired) electrons. The first-order valence-corrected chi connectivity index (χ1v) is 13.2. The first-order chi connectivity index (χ1) is 17.7. The zero-order chi connectivity index (χ0) is 26.4. The van der Waals surface area contributed by atoms with E-state index in [9.17, 15) is 13.2 Å². The lowest BCUT2D eigenvalue weighted by Crippen LogP contribution is -2.42. The van der Waals surface area contributed by atoms with Crippen LogP contribution in [0.3, 0.4) is 0 Å². The second kappa shape index (κ2) is 11.1. The molecular formula is C28H29N5O3S. The van der Waals surface area contributed by atoms with Crippen molar-refractivity contribution in [1.82, 2.24) is 19.6 Å². The second-order valence-electron chi connectivity index (χ2n) is 8.69. The molecule has 2 amide bonds. The van der Waals surface area contributed by atoms with Crippen molar-refractivity contribution in [3.8, 4) is 5.69 Å². The molecule has 0 aliphatic carbocycles. The van der Waals surface area contributed by atoms with E-state index in [0.29, 0.717) is 17.8 Å². The summed E-state index contributed by atoms with van der Waals surface area (Å²) >= 11 is 0. The molecule has 0 aliphatic heterocycles. The molecule has 1 aromatic heterocycles. The third kappa shape index (κ3) is 6.45. The fourth-order valence-corrected chi connectivity index (χ4v) is 5.18. The second-order valence-corrected chi connectivity index (χ2v) is 10.3. The summed E-state index contributed by atoms with van der Waals surface area (Å²) < 4.78 is 29.8. The van der Waals surface area contributed by atoms with E-state index in [1.165, 1.54) is 6.07 Å². The molecule has 0 spiro atoms. The topological polar surface area (TPSA) is 105 Å². The Hall–Kier alpha value is -4.37. The summed E-state index contributed by atoms with van der Waals surface area (Å²) in [5.74, 6) is 0.563. The number of nitrogens with zero attached hydrogens (tertiary/aromatic N) is 2. The minimum absolute atomic E-state index is 0.0507. The number of allylic oxidation sites excluding steroid dienone is 1. The van der Waals surface area contributed by atoms with Gasteiger partial charge in [0.25, 0.3) is 10.0 Å². The van der Waals surface area contributed by atoms with Gasteiger partial charge >= 0.3 is 6.03 Å². The van der Waals surface area contributed by atoms with Gasteiger partial charge < -0.3 is 15.2 Å². The van der Waals surface area contributed by atoms with Crippen LogP contribution in [0.15, 0.2) is 108 Å². The van der Waals surface area contributed by atoms with Gasteiger partial charge in [-0.05, 0) is 61.7 Å². The molecule has 0 aliphatic rings. The molecule has 0 bridgehead atoms. The minimum atomic E-state index is -4.06. The Bertz CT molecular complexity index is 1500. The van der Waals surface area contributed by atoms with Crippen molar-refractivity contribution < 1.29 is 13.2 Å². The predicted molar refractivity (Wildman–Crippen MR) is 145 cm³/mol. The Morgan fingerprint density at radius 3 is 2.35 bits per heavy atom. The summed E-state index contributed by atoms with van der Waals surface area (Å²) in [6.07, 6.45) is 3.86. The van der Waals surface area contributed by atoms with E-state index < -0.39 is 22.1 Å². The highest BCUT2D eigenvalue weighted by Gasteiger charge is 2.25. The zero-order valence-electron chi connectivity index (χ0n) is 20.7. The fraction of sp³-hybridized carbons (Fsp3) is 0.143. The van der Waals surface area contributed by atoms with Gasteiger partial charge in [-0.2, -0.15) is 0 Å². The molecule has 1 heterocycles. The van der Waals surface area contributed by atoms with Crippen LogP contribution in [0.5, 0.6) is 0 Å². The number of rotatable bonds is 9. The molecular weight excluding hydrogens is 486 g/mol. The maximum atomic E-state index is 13.0. The van der Waals surface area contributed by atoms with Crippen molar-refractivity contribution in [2.24, 2.45) is 0 Å². The van der Waals surface area contributed by atoms with E-state index in [1.807, 2.05) is 66.1 Å². The molecule has 0 fully saturated rings. The molecule has 3 N–H and O–H groups in total. The van der Waals surface area contributed by atoms with E-state index in [-0.39, 0.29) is 4.90 Å². The summed E-state index contributed by atoms with van der Waals surface area (Å²) in [6.45, 7) is 7.42. The number of aromatic nitrogens is 2. The number of hydrogen-bond acceptors (Lipinski definition) is 5. The Balaban J connectivity index is 1.62. The highest BCUT2D eigenvalue weighted by atomic mass is 32.2. The fourth-order valence-electron chi connectivity index (χ4n) is 4.02. The van der Waals surface area contributed by atoms with Gasteiger partial charge in [0.05, 0.1) is 10.9 Å². The highest BCUT2D eigenvalue weighted by Crippen LogP contribution is 2.23. The summed E-state index contributed by atoms with van der Waals surface area (Å²) in [7, 11) is -4.06. The van der Waals surface area contributed by atoms with E-state index >= 15 is 0 Å². The van der Waals surface area contributed by atoms with Gasteiger partial charge in [0.15, 0.2) is 0 Å². The van der Waals surface area contributed by atoms with Crippen LogP contribution in [0.2, 0.25) is 0 Å². The van der Waals surface area contributed by atoms with Crippen LogP contribution in [0.1, 0.15) is 29.9 Å². The van der Waals surface area contributed by atoms with E-state index in [4.69, 9.17) is 0 Å². The van der Waals surface area contributed by atoms with Gasteiger partial charge in [-0.15, -0.1) is 0 Å². The molecule has 190 valence electrons. The lowest BCUT2D eigenvalue weighted by molar-refractivity contribution is 0.241. The van der Waals surface area contributed by atoms with Gasteiger partial charge in [0.1, 0.15) is 5.82 Å². The maximum Gasteiger partial charge on any atom is 0.329 e. The normalized spacial score (nSPS) is 11.9. The number of imidazole rings is 1. The summed E-state index contributed by atoms with van der Waals surface area (Å²) in [4.78, 5) is 17.6. The Kier molecular flexibility index (Phi) is 7.74. The van der Waals surface area contributed by atoms with Crippen molar-refractivity contribution in [3.05, 3.63) is 120 Å². The first-order valence-electron chi connectivity index (χ1n) is 11.7. The molecule has 4 aromatic rings. The summed E-state index contributed by atoms with van der Waals surface area (Å²) in [5, 5.41) is 6.00. The van der Waals surface area contributed by atoms with E-state index in [0.717, 1.165) is 22.6 Å². The average molecular weight is 516 g/mol. The first kappa shape index (κ1) is 25.7. The number of aryl methyl sites for hydroxylation is 1. The Morgan fingerprint density at radius 1 is 1.00 bits per heavy atom. The molecule has 0 saturated carbocycles. The number of sulfonamides is 1. The van der Waals surface area contributed by atoms with Crippen LogP contribution in [-0.4, -0.2) is 24.0 Å². The van der Waals surface area contributed by atoms with Crippen LogP contribution in [0.4, 0.5) is 10.5 Å². The summed E-state index contributed by atoms with van der Waals surface area (Å²) in [6, 6.07) is 22.4. The van der Waals surface area contributed by atoms with Crippen LogP contribution < -0.4 is 15.4 Å². The van der Waals surface area contributed by atoms with Crippen molar-refractivity contribution in [2.45, 2.75) is 31.2 Å². The van der Waals surface area contributed by atoms with Crippen molar-refractivity contribution in [1.29, 1.82) is 0 Å². The smallest absolute Gasteiger partial charge is 0.329 e. The van der Waals surface area contributed by atoms with E-state index in [2.05, 4.69) is 26.9 Å². The average Bonchev–Trinajstić information content (AvgIpc) is 3.34. The third-order valence-corrected chi connectivity index (χ3v) is 7.17. The lowest BCUT2D eigenvalue weighted by Gasteiger charge is -2.21. The van der Waals surface area contributed by atoms with Crippen molar-refractivity contribution in [3.63, 3.8) is 0 Å². The molecule has 8 nitrogen and oxygen atoms in total. The zero-order valence-corrected chi connectivity index (χ0v) is 21.5. The monoisotopic (exact) mass is 515 g/mol. The maximum absolute atomic E-state index is 13.0. The number of carbonyl (C=O) groups is 1. The van der Waals surface area contributed by atoms with Gasteiger partial charge in [0, 0.05) is 29.5 Å². The van der Waals surface area contributed by atoms with Gasteiger partial charge in [0.2, 0.25) is 0 Å². The molecule has 4 rings (SSSR count). The molecule has 0 saturated heterocycles. The SMILES string of the molecule is C=C(C)Nc1ccc(-n2ccnc2[C@H](Cc2ccccc2)NC(=O)NS(=O)(=O)c2ccccc2C)cc1. The van der Waals surface area contributed by atoms with Crippen LogP contribution in [-0.2, 0) is 16.4 Å². The van der Waals surface area contributed by atoms with Gasteiger partial charge in [-0.1, -0.05) is 55.1 Å². The Labute approximate surface area is 217 Å². The largest absolute Gasteiger partial charge is 0.360 e. The quantitative estimate of drug-likeness (QED) is 0.288. The number of benzene rings is 3. The number of anilines is 1. The number of hydrogen-bond donors (Lipinski definition) is 3. The molecule has 0 unspecified atom stereocenters. The van der Waals surface area contributed by atoms with Crippen LogP contribution in [0.25, 0.3) is 5.69 Å². The summed E-state index contributed by atoms with van der Waals surface area (Å²) in [5.41, 5.74) is 4.08.